The standard InChI is InChI=1S/C11H24N2O2/c1-4-9(5-2)7-13(6-3)8-10(12)11(14)15/h9-10H,4-8,12H2,1-3H3,(H,14,15). The van der Waals surface area contributed by atoms with Crippen LogP contribution in [0, 0.1) is 5.92 Å². The molecule has 15 heavy (non-hydrogen) atoms. The van der Waals surface area contributed by atoms with Crippen LogP contribution >= 0.6 is 0 Å². The zero-order valence-corrected chi connectivity index (χ0v) is 10.1. The minimum absolute atomic E-state index is 0.447. The number of nitrogens with zero attached hydrogens (tertiary/aromatic N) is 1. The van der Waals surface area contributed by atoms with Gasteiger partial charge in [-0.15, -0.1) is 0 Å². The van der Waals surface area contributed by atoms with Gasteiger partial charge in [0.15, 0.2) is 0 Å². The van der Waals surface area contributed by atoms with Crippen LogP contribution in [0.15, 0.2) is 0 Å². The van der Waals surface area contributed by atoms with E-state index in [0.29, 0.717) is 12.5 Å². The van der Waals surface area contributed by atoms with Crippen LogP contribution in [0.3, 0.4) is 0 Å². The van der Waals surface area contributed by atoms with E-state index in [1.54, 1.807) is 0 Å². The molecule has 0 radical (unpaired) electrons. The first-order valence-corrected chi connectivity index (χ1v) is 5.75. The highest BCUT2D eigenvalue weighted by atomic mass is 16.4. The number of rotatable bonds is 8. The highest BCUT2D eigenvalue weighted by molar-refractivity contribution is 5.73. The average molecular weight is 216 g/mol. The van der Waals surface area contributed by atoms with E-state index in [-0.39, 0.29) is 0 Å². The fourth-order valence-corrected chi connectivity index (χ4v) is 1.60. The van der Waals surface area contributed by atoms with Crippen LogP contribution in [0.25, 0.3) is 0 Å². The lowest BCUT2D eigenvalue weighted by atomic mass is 10.0. The second-order valence-corrected chi connectivity index (χ2v) is 3.98. The van der Waals surface area contributed by atoms with Crippen molar-refractivity contribution in [2.24, 2.45) is 11.7 Å². The van der Waals surface area contributed by atoms with Crippen molar-refractivity contribution in [3.05, 3.63) is 0 Å². The van der Waals surface area contributed by atoms with Gasteiger partial charge in [0, 0.05) is 13.1 Å². The SMILES string of the molecule is CCC(CC)CN(CC)CC(N)C(=O)O. The van der Waals surface area contributed by atoms with Crippen molar-refractivity contribution >= 4 is 5.97 Å². The summed E-state index contributed by atoms with van der Waals surface area (Å²) in [7, 11) is 0. The van der Waals surface area contributed by atoms with Crippen molar-refractivity contribution in [2.75, 3.05) is 19.6 Å². The lowest BCUT2D eigenvalue weighted by molar-refractivity contribution is -0.139. The lowest BCUT2D eigenvalue weighted by Crippen LogP contribution is -2.44. The number of carbonyl (C=O) groups is 1. The van der Waals surface area contributed by atoms with Crippen molar-refractivity contribution in [1.29, 1.82) is 0 Å². The molecule has 4 heteroatoms. The molecule has 3 N–H and O–H groups in total. The van der Waals surface area contributed by atoms with Gasteiger partial charge in [-0.3, -0.25) is 4.79 Å². The summed E-state index contributed by atoms with van der Waals surface area (Å²) in [5.41, 5.74) is 5.51. The molecule has 0 bridgehead atoms. The van der Waals surface area contributed by atoms with E-state index in [0.717, 1.165) is 25.9 Å². The quantitative estimate of drug-likeness (QED) is 0.639. The molecule has 0 heterocycles. The van der Waals surface area contributed by atoms with E-state index < -0.39 is 12.0 Å². The van der Waals surface area contributed by atoms with Crippen LogP contribution in [0.4, 0.5) is 0 Å². The third kappa shape index (κ3) is 5.74. The molecule has 1 atom stereocenters. The maximum absolute atomic E-state index is 10.6. The molecule has 0 aliphatic heterocycles. The Kier molecular flexibility index (Phi) is 7.34. The van der Waals surface area contributed by atoms with Crippen molar-refractivity contribution in [2.45, 2.75) is 39.7 Å². The fourth-order valence-electron chi connectivity index (χ4n) is 1.60. The Hall–Kier alpha value is -0.610. The highest BCUT2D eigenvalue weighted by Crippen LogP contribution is 2.09. The summed E-state index contributed by atoms with van der Waals surface area (Å²) in [6, 6.07) is -0.765. The van der Waals surface area contributed by atoms with Crippen LogP contribution in [-0.4, -0.2) is 41.7 Å². The largest absolute Gasteiger partial charge is 0.480 e. The lowest BCUT2D eigenvalue weighted by Gasteiger charge is -2.26. The minimum atomic E-state index is -0.919. The van der Waals surface area contributed by atoms with Crippen LogP contribution in [0.5, 0.6) is 0 Å². The summed E-state index contributed by atoms with van der Waals surface area (Å²) >= 11 is 0. The van der Waals surface area contributed by atoms with Gasteiger partial charge in [-0.25, -0.2) is 0 Å². The zero-order valence-electron chi connectivity index (χ0n) is 10.1. The van der Waals surface area contributed by atoms with Crippen LogP contribution < -0.4 is 5.73 Å². The molecular weight excluding hydrogens is 192 g/mol. The summed E-state index contributed by atoms with van der Waals surface area (Å²) in [5.74, 6) is -0.274. The Bertz CT molecular complexity index is 181. The molecular formula is C11H24N2O2. The first-order valence-electron chi connectivity index (χ1n) is 5.75. The van der Waals surface area contributed by atoms with E-state index in [1.165, 1.54) is 0 Å². The Morgan fingerprint density at radius 2 is 1.80 bits per heavy atom. The Morgan fingerprint density at radius 1 is 1.27 bits per heavy atom. The number of hydrogen-bond donors (Lipinski definition) is 2. The number of nitrogens with two attached hydrogens (primary N) is 1. The summed E-state index contributed by atoms with van der Waals surface area (Å²) in [6.07, 6.45) is 2.27. The van der Waals surface area contributed by atoms with E-state index in [9.17, 15) is 4.79 Å². The molecule has 1 unspecified atom stereocenters. The summed E-state index contributed by atoms with van der Waals surface area (Å²) < 4.78 is 0. The number of aliphatic carboxylic acids is 1. The van der Waals surface area contributed by atoms with Gasteiger partial charge >= 0.3 is 5.97 Å². The van der Waals surface area contributed by atoms with Crippen molar-refractivity contribution in [3.8, 4) is 0 Å². The fraction of sp³-hybridized carbons (Fsp3) is 0.909. The topological polar surface area (TPSA) is 66.6 Å². The van der Waals surface area contributed by atoms with Gasteiger partial charge in [0.25, 0.3) is 0 Å². The monoisotopic (exact) mass is 216 g/mol. The van der Waals surface area contributed by atoms with E-state index in [1.807, 2.05) is 6.92 Å². The van der Waals surface area contributed by atoms with Crippen molar-refractivity contribution < 1.29 is 9.90 Å². The first-order chi connectivity index (χ1) is 7.04. The molecule has 0 amide bonds. The normalized spacial score (nSPS) is 13.5. The molecule has 0 saturated carbocycles. The molecule has 0 rings (SSSR count). The third-order valence-electron chi connectivity index (χ3n) is 2.89. The molecule has 4 nitrogen and oxygen atoms in total. The summed E-state index contributed by atoms with van der Waals surface area (Å²) in [6.45, 7) is 8.62. The number of likely N-dealkylation sites (N-methyl/N-ethyl adjacent to an activating group) is 1. The Morgan fingerprint density at radius 3 is 2.13 bits per heavy atom. The molecule has 0 fully saturated rings. The molecule has 0 aromatic carbocycles. The van der Waals surface area contributed by atoms with Gasteiger partial charge in [0.05, 0.1) is 0 Å². The predicted molar refractivity (Wildman–Crippen MR) is 61.8 cm³/mol. The van der Waals surface area contributed by atoms with Gasteiger partial charge in [-0.2, -0.15) is 0 Å². The van der Waals surface area contributed by atoms with E-state index in [4.69, 9.17) is 10.8 Å². The number of hydrogen-bond acceptors (Lipinski definition) is 3. The van der Waals surface area contributed by atoms with Crippen molar-refractivity contribution in [3.63, 3.8) is 0 Å². The maximum Gasteiger partial charge on any atom is 0.321 e. The third-order valence-corrected chi connectivity index (χ3v) is 2.89. The van der Waals surface area contributed by atoms with Gasteiger partial charge in [-0.1, -0.05) is 33.6 Å². The smallest absolute Gasteiger partial charge is 0.321 e. The van der Waals surface area contributed by atoms with Crippen LogP contribution in [-0.2, 0) is 4.79 Å². The average Bonchev–Trinajstić information content (AvgIpc) is 2.23. The van der Waals surface area contributed by atoms with E-state index in [2.05, 4.69) is 18.7 Å². The van der Waals surface area contributed by atoms with Crippen LogP contribution in [0.1, 0.15) is 33.6 Å². The van der Waals surface area contributed by atoms with Crippen LogP contribution in [0.2, 0.25) is 0 Å². The Labute approximate surface area is 92.4 Å². The summed E-state index contributed by atoms with van der Waals surface area (Å²) in [5, 5.41) is 8.72. The summed E-state index contributed by atoms with van der Waals surface area (Å²) in [4.78, 5) is 12.7. The van der Waals surface area contributed by atoms with Gasteiger partial charge < -0.3 is 15.7 Å². The molecule has 0 aliphatic carbocycles. The molecule has 0 aromatic rings. The van der Waals surface area contributed by atoms with Crippen molar-refractivity contribution in [1.82, 2.24) is 4.90 Å². The van der Waals surface area contributed by atoms with Gasteiger partial charge in [0.1, 0.15) is 6.04 Å². The zero-order chi connectivity index (χ0) is 11.8. The Balaban J connectivity index is 4.07. The molecule has 0 aromatic heterocycles. The molecule has 0 aliphatic rings. The number of carboxylic acids is 1. The second kappa shape index (κ2) is 7.65. The first kappa shape index (κ1) is 14.4. The maximum atomic E-state index is 10.6. The minimum Gasteiger partial charge on any atom is -0.480 e. The van der Waals surface area contributed by atoms with Gasteiger partial charge in [0.2, 0.25) is 0 Å². The van der Waals surface area contributed by atoms with E-state index >= 15 is 0 Å². The molecule has 0 saturated heterocycles. The highest BCUT2D eigenvalue weighted by Gasteiger charge is 2.17. The molecule has 90 valence electrons. The van der Waals surface area contributed by atoms with Gasteiger partial charge in [-0.05, 0) is 12.5 Å². The second-order valence-electron chi connectivity index (χ2n) is 3.98. The number of carboxylic acid groups (broad SMARTS) is 1. The predicted octanol–water partition coefficient (Wildman–Crippen LogP) is 1.16. The molecule has 0 spiro atoms.